The number of nitrogens with two attached hydrogens (primary N) is 1. The van der Waals surface area contributed by atoms with Gasteiger partial charge in [0, 0.05) is 12.1 Å². The van der Waals surface area contributed by atoms with Crippen molar-refractivity contribution in [3.63, 3.8) is 0 Å². The molecule has 0 aliphatic carbocycles. The molecule has 1 amide bonds. The Labute approximate surface area is 105 Å². The average molecular weight is 256 g/mol. The van der Waals surface area contributed by atoms with Crippen LogP contribution < -0.4 is 5.73 Å². The number of hydrogen-bond donors (Lipinski definition) is 1. The fraction of sp³-hybridized carbons (Fsp3) is 0.455. The molecule has 17 heavy (non-hydrogen) atoms. The van der Waals surface area contributed by atoms with Crippen molar-refractivity contribution in [2.75, 3.05) is 25.5 Å². The van der Waals surface area contributed by atoms with Gasteiger partial charge >= 0.3 is 0 Å². The van der Waals surface area contributed by atoms with E-state index in [1.54, 1.807) is 4.90 Å². The minimum atomic E-state index is -0.0863. The van der Waals surface area contributed by atoms with Crippen LogP contribution in [0, 0.1) is 0 Å². The van der Waals surface area contributed by atoms with E-state index in [1.165, 1.54) is 12.1 Å². The van der Waals surface area contributed by atoms with Crippen molar-refractivity contribution in [3.8, 4) is 0 Å². The van der Waals surface area contributed by atoms with Gasteiger partial charge in [-0.2, -0.15) is 0 Å². The molecule has 1 atom stereocenters. The second-order valence-corrected chi connectivity index (χ2v) is 4.41. The first-order chi connectivity index (χ1) is 8.08. The zero-order chi connectivity index (χ0) is 12.4. The summed E-state index contributed by atoms with van der Waals surface area (Å²) >= 11 is 5.78. The molecular formula is C11H14ClN3O2. The lowest BCUT2D eigenvalue weighted by atomic mass is 10.2. The highest BCUT2D eigenvalue weighted by molar-refractivity contribution is 6.29. The summed E-state index contributed by atoms with van der Waals surface area (Å²) in [5.41, 5.74) is 6.04. The standard InChI is InChI=1S/C11H14ClN3O2/c1-7-6-17-3-2-15(7)11(16)8-4-9(12)14-10(13)5-8/h4-5,7H,2-3,6H2,1H3,(H2,13,14). The van der Waals surface area contributed by atoms with Crippen LogP contribution in [0.2, 0.25) is 5.15 Å². The Bertz CT molecular complexity index is 418. The van der Waals surface area contributed by atoms with Gasteiger partial charge in [0.2, 0.25) is 0 Å². The predicted octanol–water partition coefficient (Wildman–Crippen LogP) is 1.18. The SMILES string of the molecule is CC1COCCN1C(=O)c1cc(N)nc(Cl)c1. The van der Waals surface area contributed by atoms with Crippen molar-refractivity contribution >= 4 is 23.3 Å². The molecule has 0 radical (unpaired) electrons. The lowest BCUT2D eigenvalue weighted by Crippen LogP contribution is -2.47. The molecule has 1 aromatic heterocycles. The van der Waals surface area contributed by atoms with Crippen molar-refractivity contribution in [2.24, 2.45) is 0 Å². The fourth-order valence-electron chi connectivity index (χ4n) is 1.84. The highest BCUT2D eigenvalue weighted by Gasteiger charge is 2.25. The molecule has 0 bridgehead atoms. The zero-order valence-electron chi connectivity index (χ0n) is 9.52. The van der Waals surface area contributed by atoms with Crippen LogP contribution in [0.3, 0.4) is 0 Å². The van der Waals surface area contributed by atoms with Crippen molar-refractivity contribution in [3.05, 3.63) is 22.8 Å². The highest BCUT2D eigenvalue weighted by Crippen LogP contribution is 2.17. The van der Waals surface area contributed by atoms with E-state index in [9.17, 15) is 4.79 Å². The first kappa shape index (κ1) is 12.1. The minimum Gasteiger partial charge on any atom is -0.384 e. The summed E-state index contributed by atoms with van der Waals surface area (Å²) in [7, 11) is 0. The number of morpholine rings is 1. The maximum absolute atomic E-state index is 12.2. The van der Waals surface area contributed by atoms with Crippen molar-refractivity contribution < 1.29 is 9.53 Å². The molecule has 1 unspecified atom stereocenters. The topological polar surface area (TPSA) is 68.5 Å². The Morgan fingerprint density at radius 1 is 1.65 bits per heavy atom. The summed E-state index contributed by atoms with van der Waals surface area (Å²) in [6.45, 7) is 3.65. The normalized spacial score (nSPS) is 20.4. The summed E-state index contributed by atoms with van der Waals surface area (Å²) in [5.74, 6) is 0.165. The average Bonchev–Trinajstić information content (AvgIpc) is 2.27. The Balaban J connectivity index is 2.23. The van der Waals surface area contributed by atoms with E-state index >= 15 is 0 Å². The van der Waals surface area contributed by atoms with Gasteiger partial charge in [-0.05, 0) is 19.1 Å². The van der Waals surface area contributed by atoms with E-state index < -0.39 is 0 Å². The molecular weight excluding hydrogens is 242 g/mol. The van der Waals surface area contributed by atoms with Gasteiger partial charge in [-0.3, -0.25) is 4.79 Å². The number of aromatic nitrogens is 1. The second-order valence-electron chi connectivity index (χ2n) is 4.03. The molecule has 1 aliphatic rings. The second kappa shape index (κ2) is 4.89. The van der Waals surface area contributed by atoms with Crippen LogP contribution in [0.5, 0.6) is 0 Å². The van der Waals surface area contributed by atoms with E-state index in [2.05, 4.69) is 4.98 Å². The monoisotopic (exact) mass is 255 g/mol. The van der Waals surface area contributed by atoms with E-state index in [-0.39, 0.29) is 22.9 Å². The minimum absolute atomic E-state index is 0.0596. The molecule has 1 fully saturated rings. The van der Waals surface area contributed by atoms with Gasteiger partial charge in [0.05, 0.1) is 19.3 Å². The summed E-state index contributed by atoms with van der Waals surface area (Å²) in [5, 5.41) is 0.231. The highest BCUT2D eigenvalue weighted by atomic mass is 35.5. The number of hydrogen-bond acceptors (Lipinski definition) is 4. The number of amides is 1. The number of anilines is 1. The Morgan fingerprint density at radius 3 is 3.06 bits per heavy atom. The molecule has 1 aliphatic heterocycles. The number of pyridine rings is 1. The van der Waals surface area contributed by atoms with Gasteiger partial charge in [0.25, 0.3) is 5.91 Å². The van der Waals surface area contributed by atoms with Gasteiger partial charge in [0.1, 0.15) is 11.0 Å². The van der Waals surface area contributed by atoms with Crippen LogP contribution in [-0.4, -0.2) is 41.6 Å². The Kier molecular flexibility index (Phi) is 3.49. The third-order valence-corrected chi connectivity index (χ3v) is 2.88. The molecule has 6 heteroatoms. The fourth-order valence-corrected chi connectivity index (χ4v) is 2.05. The molecule has 0 spiro atoms. The van der Waals surface area contributed by atoms with Crippen molar-refractivity contribution in [1.29, 1.82) is 0 Å². The number of nitrogens with zero attached hydrogens (tertiary/aromatic N) is 2. The molecule has 2 heterocycles. The number of halogens is 1. The Hall–Kier alpha value is -1.33. The zero-order valence-corrected chi connectivity index (χ0v) is 10.3. The van der Waals surface area contributed by atoms with E-state index in [0.717, 1.165) is 0 Å². The number of carbonyl (C=O) groups excluding carboxylic acids is 1. The summed E-state index contributed by atoms with van der Waals surface area (Å²) in [6, 6.07) is 3.13. The van der Waals surface area contributed by atoms with Crippen LogP contribution in [0.15, 0.2) is 12.1 Å². The summed E-state index contributed by atoms with van der Waals surface area (Å²) in [6.07, 6.45) is 0. The van der Waals surface area contributed by atoms with Gasteiger partial charge in [-0.25, -0.2) is 4.98 Å². The predicted molar refractivity (Wildman–Crippen MR) is 65.0 cm³/mol. The van der Waals surface area contributed by atoms with Gasteiger partial charge in [-0.15, -0.1) is 0 Å². The number of nitrogen functional groups attached to an aromatic ring is 1. The van der Waals surface area contributed by atoms with E-state index in [4.69, 9.17) is 22.1 Å². The van der Waals surface area contributed by atoms with Gasteiger partial charge in [-0.1, -0.05) is 11.6 Å². The molecule has 1 aromatic rings. The largest absolute Gasteiger partial charge is 0.384 e. The quantitative estimate of drug-likeness (QED) is 0.765. The maximum Gasteiger partial charge on any atom is 0.254 e. The molecule has 1 saturated heterocycles. The lowest BCUT2D eigenvalue weighted by molar-refractivity contribution is 0.00359. The lowest BCUT2D eigenvalue weighted by Gasteiger charge is -2.33. The number of carbonyl (C=O) groups is 1. The summed E-state index contributed by atoms with van der Waals surface area (Å²) < 4.78 is 5.29. The van der Waals surface area contributed by atoms with Crippen LogP contribution in [0.4, 0.5) is 5.82 Å². The maximum atomic E-state index is 12.2. The number of rotatable bonds is 1. The Morgan fingerprint density at radius 2 is 2.41 bits per heavy atom. The molecule has 92 valence electrons. The first-order valence-corrected chi connectivity index (χ1v) is 5.77. The summed E-state index contributed by atoms with van der Waals surface area (Å²) in [4.78, 5) is 17.8. The molecule has 2 rings (SSSR count). The van der Waals surface area contributed by atoms with Crippen LogP contribution in [-0.2, 0) is 4.74 Å². The molecule has 2 N–H and O–H groups in total. The van der Waals surface area contributed by atoms with E-state index in [0.29, 0.717) is 25.3 Å². The van der Waals surface area contributed by atoms with E-state index in [1.807, 2.05) is 6.92 Å². The van der Waals surface area contributed by atoms with Crippen molar-refractivity contribution in [1.82, 2.24) is 9.88 Å². The number of ether oxygens (including phenoxy) is 1. The van der Waals surface area contributed by atoms with Gasteiger partial charge < -0.3 is 15.4 Å². The third kappa shape index (κ3) is 2.68. The molecule has 5 nitrogen and oxygen atoms in total. The third-order valence-electron chi connectivity index (χ3n) is 2.69. The van der Waals surface area contributed by atoms with Crippen LogP contribution in [0.25, 0.3) is 0 Å². The molecule has 0 aromatic carbocycles. The first-order valence-electron chi connectivity index (χ1n) is 5.39. The smallest absolute Gasteiger partial charge is 0.254 e. The van der Waals surface area contributed by atoms with Crippen molar-refractivity contribution in [2.45, 2.75) is 13.0 Å². The van der Waals surface area contributed by atoms with Crippen LogP contribution in [0.1, 0.15) is 17.3 Å². The van der Waals surface area contributed by atoms with Crippen LogP contribution >= 0.6 is 11.6 Å². The molecule has 0 saturated carbocycles. The van der Waals surface area contributed by atoms with Gasteiger partial charge in [0.15, 0.2) is 0 Å².